The summed E-state index contributed by atoms with van der Waals surface area (Å²) >= 11 is 0. The molecule has 5 nitrogen and oxygen atoms in total. The highest BCUT2D eigenvalue weighted by Gasteiger charge is 2.16. The zero-order valence-electron chi connectivity index (χ0n) is 18.4. The maximum atomic E-state index is 12.5. The summed E-state index contributed by atoms with van der Waals surface area (Å²) in [6.07, 6.45) is 0. The highest BCUT2D eigenvalue weighted by Crippen LogP contribution is 2.22. The molecule has 2 aromatic rings. The summed E-state index contributed by atoms with van der Waals surface area (Å²) < 4.78 is 0. The van der Waals surface area contributed by atoms with E-state index in [9.17, 15) is 9.59 Å². The Bertz CT molecular complexity index is 897. The number of hydrazone groups is 1. The lowest BCUT2D eigenvalue weighted by molar-refractivity contribution is 0.0954. The number of nitrogens with one attached hydrogen (secondary N) is 2. The van der Waals surface area contributed by atoms with Gasteiger partial charge in [0.15, 0.2) is 0 Å². The Kier molecular flexibility index (Phi) is 6.62. The maximum absolute atomic E-state index is 12.5. The lowest BCUT2D eigenvalue weighted by Crippen LogP contribution is -2.24. The van der Waals surface area contributed by atoms with Crippen molar-refractivity contribution in [2.45, 2.75) is 53.9 Å². The van der Waals surface area contributed by atoms with Crippen molar-refractivity contribution in [3.63, 3.8) is 0 Å². The molecule has 2 rings (SSSR count). The molecular weight excluding hydrogens is 362 g/mol. The Morgan fingerprint density at radius 2 is 1.24 bits per heavy atom. The highest BCUT2D eigenvalue weighted by atomic mass is 16.2. The van der Waals surface area contributed by atoms with Gasteiger partial charge in [0.1, 0.15) is 0 Å². The molecule has 2 amide bonds. The van der Waals surface area contributed by atoms with E-state index in [4.69, 9.17) is 0 Å². The predicted octanol–water partition coefficient (Wildman–Crippen LogP) is 5.39. The summed E-state index contributed by atoms with van der Waals surface area (Å²) in [5.41, 5.74) is 6.21. The number of benzene rings is 2. The van der Waals surface area contributed by atoms with E-state index in [0.29, 0.717) is 16.8 Å². The van der Waals surface area contributed by atoms with E-state index in [1.54, 1.807) is 24.3 Å². The zero-order chi connectivity index (χ0) is 21.8. The molecule has 0 aliphatic heterocycles. The Balaban J connectivity index is 2.01. The third-order valence-corrected chi connectivity index (χ3v) is 4.83. The van der Waals surface area contributed by atoms with E-state index in [2.05, 4.69) is 36.6 Å². The summed E-state index contributed by atoms with van der Waals surface area (Å²) in [6, 6.07) is 14.3. The number of anilines is 1. The minimum absolute atomic E-state index is 0.0425. The molecule has 0 aliphatic rings. The zero-order valence-corrected chi connectivity index (χ0v) is 18.4. The molecule has 2 N–H and O–H groups in total. The molecule has 29 heavy (non-hydrogen) atoms. The van der Waals surface area contributed by atoms with Crippen LogP contribution in [0.2, 0.25) is 0 Å². The van der Waals surface area contributed by atoms with Crippen LogP contribution in [0, 0.1) is 5.41 Å². The number of amides is 2. The molecule has 5 heteroatoms. The molecule has 0 saturated carbocycles. The van der Waals surface area contributed by atoms with Crippen LogP contribution in [0.3, 0.4) is 0 Å². The van der Waals surface area contributed by atoms with Crippen molar-refractivity contribution < 1.29 is 9.59 Å². The number of nitrogens with zero attached hydrogens (tertiary/aromatic N) is 1. The van der Waals surface area contributed by atoms with Gasteiger partial charge in [-0.2, -0.15) is 5.10 Å². The average molecular weight is 394 g/mol. The second-order valence-electron chi connectivity index (χ2n) is 9.25. The summed E-state index contributed by atoms with van der Waals surface area (Å²) in [7, 11) is 0. The number of hydrogen-bond acceptors (Lipinski definition) is 3. The van der Waals surface area contributed by atoms with Gasteiger partial charge < -0.3 is 5.32 Å². The number of hydrogen-bond donors (Lipinski definition) is 2. The van der Waals surface area contributed by atoms with Crippen molar-refractivity contribution in [1.29, 1.82) is 0 Å². The van der Waals surface area contributed by atoms with Crippen LogP contribution in [0.1, 0.15) is 74.7 Å². The maximum Gasteiger partial charge on any atom is 0.271 e. The van der Waals surface area contributed by atoms with Crippen LogP contribution in [0.25, 0.3) is 0 Å². The van der Waals surface area contributed by atoms with Gasteiger partial charge in [-0.3, -0.25) is 9.59 Å². The molecule has 0 unspecified atom stereocenters. The van der Waals surface area contributed by atoms with Crippen molar-refractivity contribution in [1.82, 2.24) is 5.43 Å². The summed E-state index contributed by atoms with van der Waals surface area (Å²) in [6.45, 7) is 14.4. The third-order valence-electron chi connectivity index (χ3n) is 4.83. The van der Waals surface area contributed by atoms with E-state index in [1.807, 2.05) is 52.0 Å². The van der Waals surface area contributed by atoms with Gasteiger partial charge in [0.2, 0.25) is 0 Å². The molecule has 0 heterocycles. The molecule has 0 aliphatic carbocycles. The lowest BCUT2D eigenvalue weighted by atomic mass is 9.87. The third kappa shape index (κ3) is 6.28. The minimum atomic E-state index is -0.288. The van der Waals surface area contributed by atoms with E-state index in [1.165, 1.54) is 5.56 Å². The fourth-order valence-electron chi connectivity index (χ4n) is 2.40. The van der Waals surface area contributed by atoms with Crippen molar-refractivity contribution >= 4 is 23.2 Å². The molecule has 0 aromatic heterocycles. The smallest absolute Gasteiger partial charge is 0.271 e. The number of rotatable bonds is 4. The van der Waals surface area contributed by atoms with E-state index < -0.39 is 0 Å². The fourth-order valence-corrected chi connectivity index (χ4v) is 2.40. The summed E-state index contributed by atoms with van der Waals surface area (Å²) in [5, 5.41) is 7.01. The van der Waals surface area contributed by atoms with Gasteiger partial charge in [0, 0.05) is 27.9 Å². The predicted molar refractivity (Wildman–Crippen MR) is 120 cm³/mol. The average Bonchev–Trinajstić information content (AvgIpc) is 2.65. The minimum Gasteiger partial charge on any atom is -0.322 e. The van der Waals surface area contributed by atoms with Crippen molar-refractivity contribution in [2.24, 2.45) is 10.5 Å². The van der Waals surface area contributed by atoms with Crippen LogP contribution in [-0.2, 0) is 5.41 Å². The highest BCUT2D eigenvalue weighted by molar-refractivity contribution is 6.04. The van der Waals surface area contributed by atoms with Gasteiger partial charge in [-0.1, -0.05) is 53.7 Å². The van der Waals surface area contributed by atoms with E-state index in [0.717, 1.165) is 5.71 Å². The van der Waals surface area contributed by atoms with E-state index in [-0.39, 0.29) is 22.6 Å². The van der Waals surface area contributed by atoms with Crippen LogP contribution >= 0.6 is 0 Å². The SMILES string of the molecule is C/C(=N\NC(=O)c1ccc(NC(=O)c2ccc(C(C)(C)C)cc2)cc1)C(C)(C)C. The standard InChI is InChI=1S/C24H31N3O2/c1-16(23(2,3)4)26-27-22(29)18-10-14-20(15-11-18)25-21(28)17-8-12-19(13-9-17)24(5,6)7/h8-15H,1-7H3,(H,25,28)(H,27,29)/b26-16+. The van der Waals surface area contributed by atoms with Crippen LogP contribution in [0.4, 0.5) is 5.69 Å². The van der Waals surface area contributed by atoms with E-state index >= 15 is 0 Å². The molecule has 0 spiro atoms. The van der Waals surface area contributed by atoms with Crippen molar-refractivity contribution in [3.8, 4) is 0 Å². The van der Waals surface area contributed by atoms with Gasteiger partial charge in [-0.05, 0) is 54.3 Å². The van der Waals surface area contributed by atoms with Gasteiger partial charge >= 0.3 is 0 Å². The molecule has 0 atom stereocenters. The Hall–Kier alpha value is -2.95. The number of carbonyl (C=O) groups excluding carboxylic acids is 2. The van der Waals surface area contributed by atoms with Crippen LogP contribution in [0.5, 0.6) is 0 Å². The second kappa shape index (κ2) is 8.60. The molecule has 0 radical (unpaired) electrons. The molecule has 0 saturated heterocycles. The molecule has 154 valence electrons. The normalized spacial score (nSPS) is 12.4. The van der Waals surface area contributed by atoms with Crippen molar-refractivity contribution in [2.75, 3.05) is 5.32 Å². The summed E-state index contributed by atoms with van der Waals surface area (Å²) in [5.74, 6) is -0.475. The largest absolute Gasteiger partial charge is 0.322 e. The van der Waals surface area contributed by atoms with Crippen LogP contribution in [-0.4, -0.2) is 17.5 Å². The van der Waals surface area contributed by atoms with Crippen molar-refractivity contribution in [3.05, 3.63) is 65.2 Å². The van der Waals surface area contributed by atoms with Gasteiger partial charge in [0.25, 0.3) is 11.8 Å². The Labute approximate surface area is 173 Å². The van der Waals surface area contributed by atoms with Crippen LogP contribution < -0.4 is 10.7 Å². The second-order valence-corrected chi connectivity index (χ2v) is 9.25. The van der Waals surface area contributed by atoms with Gasteiger partial charge in [-0.25, -0.2) is 5.43 Å². The quantitative estimate of drug-likeness (QED) is 0.540. The van der Waals surface area contributed by atoms with Gasteiger partial charge in [-0.15, -0.1) is 0 Å². The first-order chi connectivity index (χ1) is 13.4. The number of carbonyl (C=O) groups is 2. The molecule has 2 aromatic carbocycles. The molecule has 0 fully saturated rings. The first-order valence-electron chi connectivity index (χ1n) is 9.75. The Morgan fingerprint density at radius 3 is 1.72 bits per heavy atom. The lowest BCUT2D eigenvalue weighted by Gasteiger charge is -2.19. The molecule has 0 bridgehead atoms. The first kappa shape index (κ1) is 22.3. The summed E-state index contributed by atoms with van der Waals surface area (Å²) in [4.78, 5) is 24.7. The fraction of sp³-hybridized carbons (Fsp3) is 0.375. The molecular formula is C24H31N3O2. The first-order valence-corrected chi connectivity index (χ1v) is 9.75. The monoisotopic (exact) mass is 393 g/mol. The van der Waals surface area contributed by atoms with Crippen LogP contribution in [0.15, 0.2) is 53.6 Å². The Morgan fingerprint density at radius 1 is 0.759 bits per heavy atom. The van der Waals surface area contributed by atoms with Gasteiger partial charge in [0.05, 0.1) is 0 Å². The topological polar surface area (TPSA) is 70.6 Å².